The van der Waals surface area contributed by atoms with Gasteiger partial charge in [-0.2, -0.15) is 5.10 Å². The molecule has 0 saturated heterocycles. The van der Waals surface area contributed by atoms with E-state index in [4.69, 9.17) is 9.47 Å². The maximum atomic E-state index is 12.5. The van der Waals surface area contributed by atoms with Gasteiger partial charge in [0.2, 0.25) is 5.91 Å². The highest BCUT2D eigenvalue weighted by molar-refractivity contribution is 5.93. The SMILES string of the molecule is CCC[C@@H](C)C(=O)Nc1cccc(-c2cc(C(=O)OCC)nn2-c2ccc(OC)cc2)c1. The topological polar surface area (TPSA) is 82.5 Å². The number of carbonyl (C=O) groups is 2. The second-order valence-electron chi connectivity index (χ2n) is 7.50. The van der Waals surface area contributed by atoms with Gasteiger partial charge < -0.3 is 14.8 Å². The highest BCUT2D eigenvalue weighted by Crippen LogP contribution is 2.28. The summed E-state index contributed by atoms with van der Waals surface area (Å²) in [6.45, 7) is 6.00. The number of benzene rings is 2. The second kappa shape index (κ2) is 10.6. The molecule has 3 aromatic rings. The molecule has 2 aromatic carbocycles. The number of ether oxygens (including phenoxy) is 2. The predicted octanol–water partition coefficient (Wildman–Crippen LogP) is 5.10. The third kappa shape index (κ3) is 5.35. The Morgan fingerprint density at radius 1 is 1.09 bits per heavy atom. The van der Waals surface area contributed by atoms with Crippen LogP contribution in [0.2, 0.25) is 0 Å². The third-order valence-electron chi connectivity index (χ3n) is 5.11. The lowest BCUT2D eigenvalue weighted by atomic mass is 10.0. The molecule has 0 unspecified atom stereocenters. The Bertz CT molecular complexity index is 1070. The van der Waals surface area contributed by atoms with E-state index in [-0.39, 0.29) is 24.1 Å². The number of esters is 1. The molecule has 7 heteroatoms. The maximum Gasteiger partial charge on any atom is 0.358 e. The van der Waals surface area contributed by atoms with E-state index in [0.29, 0.717) is 11.4 Å². The Hall–Kier alpha value is -3.61. The molecule has 168 valence electrons. The molecule has 1 aromatic heterocycles. The minimum Gasteiger partial charge on any atom is -0.497 e. The largest absolute Gasteiger partial charge is 0.497 e. The number of methoxy groups -OCH3 is 1. The van der Waals surface area contributed by atoms with Crippen molar-refractivity contribution < 1.29 is 19.1 Å². The molecule has 1 heterocycles. The average molecular weight is 436 g/mol. The van der Waals surface area contributed by atoms with Crippen LogP contribution in [-0.2, 0) is 9.53 Å². The van der Waals surface area contributed by atoms with Crippen molar-refractivity contribution in [1.29, 1.82) is 0 Å². The summed E-state index contributed by atoms with van der Waals surface area (Å²) in [5.74, 6) is 0.154. The molecule has 1 N–H and O–H groups in total. The molecule has 3 rings (SSSR count). The zero-order valence-electron chi connectivity index (χ0n) is 18.9. The van der Waals surface area contributed by atoms with Gasteiger partial charge >= 0.3 is 5.97 Å². The Morgan fingerprint density at radius 2 is 1.84 bits per heavy atom. The van der Waals surface area contributed by atoms with Crippen molar-refractivity contribution in [3.63, 3.8) is 0 Å². The van der Waals surface area contributed by atoms with Crippen LogP contribution in [0.1, 0.15) is 44.1 Å². The number of nitrogens with one attached hydrogen (secondary N) is 1. The standard InChI is InChI=1S/C25H29N3O4/c1-5-8-17(3)24(29)26-19-10-7-9-18(15-19)23-16-22(25(30)32-6-2)27-28(23)20-11-13-21(31-4)14-12-20/h7,9-17H,5-6,8H2,1-4H3,(H,26,29)/t17-/m1/s1. The molecule has 0 aliphatic carbocycles. The number of carbonyl (C=O) groups excluding carboxylic acids is 2. The molecule has 0 spiro atoms. The molecule has 32 heavy (non-hydrogen) atoms. The van der Waals surface area contributed by atoms with Crippen LogP contribution in [0.5, 0.6) is 5.75 Å². The van der Waals surface area contributed by atoms with Gasteiger partial charge in [-0.3, -0.25) is 4.79 Å². The smallest absolute Gasteiger partial charge is 0.358 e. The zero-order valence-corrected chi connectivity index (χ0v) is 18.9. The molecule has 0 saturated carbocycles. The second-order valence-corrected chi connectivity index (χ2v) is 7.50. The van der Waals surface area contributed by atoms with Crippen molar-refractivity contribution in [3.05, 3.63) is 60.3 Å². The quantitative estimate of drug-likeness (QED) is 0.473. The first kappa shape index (κ1) is 23.1. The van der Waals surface area contributed by atoms with Crippen molar-refractivity contribution in [2.24, 2.45) is 5.92 Å². The Morgan fingerprint density at radius 3 is 2.50 bits per heavy atom. The van der Waals surface area contributed by atoms with Gasteiger partial charge in [-0.15, -0.1) is 0 Å². The third-order valence-corrected chi connectivity index (χ3v) is 5.11. The number of aromatic nitrogens is 2. The van der Waals surface area contributed by atoms with E-state index >= 15 is 0 Å². The first-order valence-electron chi connectivity index (χ1n) is 10.8. The lowest BCUT2D eigenvalue weighted by molar-refractivity contribution is -0.119. The number of rotatable bonds is 9. The van der Waals surface area contributed by atoms with E-state index in [2.05, 4.69) is 17.3 Å². The first-order chi connectivity index (χ1) is 15.5. The highest BCUT2D eigenvalue weighted by Gasteiger charge is 2.19. The fourth-order valence-electron chi connectivity index (χ4n) is 3.40. The van der Waals surface area contributed by atoms with E-state index in [0.717, 1.165) is 29.8 Å². The van der Waals surface area contributed by atoms with Gasteiger partial charge in [0.15, 0.2) is 5.69 Å². The monoisotopic (exact) mass is 435 g/mol. The zero-order chi connectivity index (χ0) is 23.1. The summed E-state index contributed by atoms with van der Waals surface area (Å²) < 4.78 is 12.1. The number of hydrogen-bond donors (Lipinski definition) is 1. The van der Waals surface area contributed by atoms with Crippen molar-refractivity contribution in [3.8, 4) is 22.7 Å². The van der Waals surface area contributed by atoms with Crippen LogP contribution < -0.4 is 10.1 Å². The maximum absolute atomic E-state index is 12.5. The van der Waals surface area contributed by atoms with Gasteiger partial charge in [0.25, 0.3) is 0 Å². The van der Waals surface area contributed by atoms with Crippen molar-refractivity contribution in [2.45, 2.75) is 33.6 Å². The Balaban J connectivity index is 2.00. The Kier molecular flexibility index (Phi) is 7.65. The molecule has 0 aliphatic heterocycles. The summed E-state index contributed by atoms with van der Waals surface area (Å²) in [4.78, 5) is 24.8. The minimum absolute atomic E-state index is 0.0140. The van der Waals surface area contributed by atoms with Crippen LogP contribution in [0.25, 0.3) is 16.9 Å². The van der Waals surface area contributed by atoms with Crippen molar-refractivity contribution >= 4 is 17.6 Å². The molecule has 0 fully saturated rings. The van der Waals surface area contributed by atoms with Crippen LogP contribution in [0.4, 0.5) is 5.69 Å². The predicted molar refractivity (Wildman–Crippen MR) is 124 cm³/mol. The molecular weight excluding hydrogens is 406 g/mol. The first-order valence-corrected chi connectivity index (χ1v) is 10.8. The fourth-order valence-corrected chi connectivity index (χ4v) is 3.40. The number of nitrogens with zero attached hydrogens (tertiary/aromatic N) is 2. The van der Waals surface area contributed by atoms with Crippen molar-refractivity contribution in [1.82, 2.24) is 9.78 Å². The van der Waals surface area contributed by atoms with Gasteiger partial charge in [-0.25, -0.2) is 9.48 Å². The summed E-state index contributed by atoms with van der Waals surface area (Å²) in [7, 11) is 1.61. The lowest BCUT2D eigenvalue weighted by Gasteiger charge is -2.13. The number of amides is 1. The Labute approximate surface area is 188 Å². The minimum atomic E-state index is -0.487. The number of hydrogen-bond acceptors (Lipinski definition) is 5. The molecule has 0 radical (unpaired) electrons. The van der Waals surface area contributed by atoms with Crippen molar-refractivity contribution in [2.75, 3.05) is 19.0 Å². The van der Waals surface area contributed by atoms with Gasteiger partial charge in [0.1, 0.15) is 5.75 Å². The van der Waals surface area contributed by atoms with E-state index in [1.54, 1.807) is 24.8 Å². The van der Waals surface area contributed by atoms with Crippen LogP contribution in [0.3, 0.4) is 0 Å². The summed E-state index contributed by atoms with van der Waals surface area (Å²) in [5, 5.41) is 7.47. The summed E-state index contributed by atoms with van der Waals surface area (Å²) in [5.41, 5.74) is 3.18. The number of anilines is 1. The van der Waals surface area contributed by atoms with Gasteiger partial charge in [0, 0.05) is 17.2 Å². The van der Waals surface area contributed by atoms with Crippen LogP contribution >= 0.6 is 0 Å². The molecule has 1 amide bonds. The van der Waals surface area contributed by atoms with Crippen LogP contribution in [-0.4, -0.2) is 35.4 Å². The summed E-state index contributed by atoms with van der Waals surface area (Å²) in [6.07, 6.45) is 1.78. The summed E-state index contributed by atoms with van der Waals surface area (Å²) >= 11 is 0. The van der Waals surface area contributed by atoms with E-state index in [1.165, 1.54) is 0 Å². The molecule has 0 bridgehead atoms. The van der Waals surface area contributed by atoms with Crippen LogP contribution in [0.15, 0.2) is 54.6 Å². The summed E-state index contributed by atoms with van der Waals surface area (Å²) in [6, 6.07) is 16.6. The van der Waals surface area contributed by atoms with E-state index in [1.807, 2.05) is 55.5 Å². The highest BCUT2D eigenvalue weighted by atomic mass is 16.5. The van der Waals surface area contributed by atoms with E-state index in [9.17, 15) is 9.59 Å². The normalized spacial score (nSPS) is 11.6. The van der Waals surface area contributed by atoms with Gasteiger partial charge in [0.05, 0.1) is 25.1 Å². The molecule has 1 atom stereocenters. The fraction of sp³-hybridized carbons (Fsp3) is 0.320. The molecule has 0 aliphatic rings. The lowest BCUT2D eigenvalue weighted by Crippen LogP contribution is -2.20. The van der Waals surface area contributed by atoms with Gasteiger partial charge in [-0.1, -0.05) is 32.4 Å². The van der Waals surface area contributed by atoms with Crippen LogP contribution in [0, 0.1) is 5.92 Å². The van der Waals surface area contributed by atoms with E-state index < -0.39 is 5.97 Å². The molecular formula is C25H29N3O4. The van der Waals surface area contributed by atoms with Gasteiger partial charge in [-0.05, 0) is 55.8 Å². The average Bonchev–Trinajstić information content (AvgIpc) is 3.25. The molecule has 7 nitrogen and oxygen atoms in total.